The monoisotopic (exact) mass is 264 g/mol. The average Bonchev–Trinajstić information content (AvgIpc) is 2.38. The number of rotatable bonds is 5. The van der Waals surface area contributed by atoms with Crippen molar-refractivity contribution < 1.29 is 19.7 Å². The van der Waals surface area contributed by atoms with Crippen molar-refractivity contribution >= 4 is 11.7 Å². The maximum Gasteiger partial charge on any atom is 0.308 e. The third-order valence-electron chi connectivity index (χ3n) is 2.58. The number of nitriles is 1. The predicted octanol–water partition coefficient (Wildman–Crippen LogP) is 0.488. The molecule has 0 aliphatic carbocycles. The van der Waals surface area contributed by atoms with E-state index >= 15 is 0 Å². The number of aliphatic hydroxyl groups is 2. The van der Waals surface area contributed by atoms with E-state index in [-0.39, 0.29) is 18.6 Å². The van der Waals surface area contributed by atoms with Crippen LogP contribution in [-0.2, 0) is 9.53 Å². The van der Waals surface area contributed by atoms with Gasteiger partial charge in [0.2, 0.25) is 0 Å². The lowest BCUT2D eigenvalue weighted by Crippen LogP contribution is -2.23. The number of hydrogen-bond acceptors (Lipinski definition) is 6. The van der Waals surface area contributed by atoms with Crippen LogP contribution >= 0.6 is 0 Å². The van der Waals surface area contributed by atoms with E-state index < -0.39 is 18.2 Å². The normalized spacial score (nSPS) is 13.4. The summed E-state index contributed by atoms with van der Waals surface area (Å²) in [7, 11) is 0. The lowest BCUT2D eigenvalue weighted by Gasteiger charge is -2.17. The van der Waals surface area contributed by atoms with Gasteiger partial charge >= 0.3 is 5.97 Å². The van der Waals surface area contributed by atoms with Gasteiger partial charge in [-0.2, -0.15) is 5.26 Å². The van der Waals surface area contributed by atoms with Gasteiger partial charge in [0, 0.05) is 5.69 Å². The fourth-order valence-corrected chi connectivity index (χ4v) is 1.58. The molecular weight excluding hydrogens is 248 g/mol. The molecule has 0 radical (unpaired) electrons. The number of carbonyl (C=O) groups excluding carboxylic acids is 1. The maximum atomic E-state index is 11.2. The largest absolute Gasteiger partial charge is 0.466 e. The molecule has 1 aromatic carbocycles. The summed E-state index contributed by atoms with van der Waals surface area (Å²) in [6.07, 6.45) is -2.90. The first-order chi connectivity index (χ1) is 8.99. The van der Waals surface area contributed by atoms with Gasteiger partial charge in [-0.25, -0.2) is 0 Å². The van der Waals surface area contributed by atoms with Crippen LogP contribution in [0.25, 0.3) is 0 Å². The molecule has 102 valence electrons. The molecule has 0 spiro atoms. The molecule has 1 aromatic rings. The number of aliphatic hydroxyl groups excluding tert-OH is 2. The molecule has 6 heteroatoms. The van der Waals surface area contributed by atoms with Crippen LogP contribution in [0.1, 0.15) is 30.6 Å². The van der Waals surface area contributed by atoms with E-state index in [1.165, 1.54) is 18.2 Å². The van der Waals surface area contributed by atoms with Gasteiger partial charge in [0.1, 0.15) is 12.2 Å². The van der Waals surface area contributed by atoms with E-state index in [2.05, 4.69) is 4.74 Å². The number of carbonyl (C=O) groups is 1. The fourth-order valence-electron chi connectivity index (χ4n) is 1.58. The zero-order chi connectivity index (χ0) is 14.4. The Kier molecular flexibility index (Phi) is 5.30. The molecule has 0 bridgehead atoms. The van der Waals surface area contributed by atoms with Crippen LogP contribution in [0.5, 0.6) is 0 Å². The number of ether oxygens (including phenoxy) is 1. The summed E-state index contributed by atoms with van der Waals surface area (Å²) in [6.45, 7) is 1.86. The highest BCUT2D eigenvalue weighted by Gasteiger charge is 2.22. The Morgan fingerprint density at radius 3 is 2.79 bits per heavy atom. The molecular formula is C13H16N2O4. The summed E-state index contributed by atoms with van der Waals surface area (Å²) >= 11 is 0. The molecule has 0 aliphatic rings. The molecule has 19 heavy (non-hydrogen) atoms. The highest BCUT2D eigenvalue weighted by molar-refractivity contribution is 5.70. The lowest BCUT2D eigenvalue weighted by molar-refractivity contribution is -0.147. The highest BCUT2D eigenvalue weighted by Crippen LogP contribution is 2.23. The van der Waals surface area contributed by atoms with E-state index in [0.29, 0.717) is 11.3 Å². The third-order valence-corrected chi connectivity index (χ3v) is 2.58. The van der Waals surface area contributed by atoms with Gasteiger partial charge in [-0.15, -0.1) is 0 Å². The molecule has 0 amide bonds. The molecule has 0 saturated heterocycles. The summed E-state index contributed by atoms with van der Waals surface area (Å²) in [5.41, 5.74) is 6.38. The van der Waals surface area contributed by atoms with Crippen LogP contribution < -0.4 is 5.73 Å². The van der Waals surface area contributed by atoms with Crippen LogP contribution in [0.2, 0.25) is 0 Å². The van der Waals surface area contributed by atoms with E-state index in [1.807, 2.05) is 6.07 Å². The summed E-state index contributed by atoms with van der Waals surface area (Å²) in [6, 6.07) is 6.23. The summed E-state index contributed by atoms with van der Waals surface area (Å²) in [5, 5.41) is 28.5. The standard InChI is InChI=1S/C13H16N2O4/c1-2-19-12(17)6-11(16)13(18)8-3-4-10(15)9(5-8)7-14/h3-5,11,13,16,18H,2,6,15H2,1H3. The molecule has 2 unspecified atom stereocenters. The zero-order valence-corrected chi connectivity index (χ0v) is 10.5. The Morgan fingerprint density at radius 1 is 1.53 bits per heavy atom. The van der Waals surface area contributed by atoms with Gasteiger partial charge in [0.25, 0.3) is 0 Å². The van der Waals surface area contributed by atoms with Gasteiger partial charge in [-0.3, -0.25) is 4.79 Å². The van der Waals surface area contributed by atoms with E-state index in [9.17, 15) is 15.0 Å². The molecule has 0 fully saturated rings. The minimum Gasteiger partial charge on any atom is -0.466 e. The molecule has 0 aromatic heterocycles. The van der Waals surface area contributed by atoms with Crippen molar-refractivity contribution in [2.24, 2.45) is 0 Å². The summed E-state index contributed by atoms with van der Waals surface area (Å²) in [4.78, 5) is 11.2. The minimum absolute atomic E-state index is 0.208. The number of anilines is 1. The number of nitrogens with zero attached hydrogens (tertiary/aromatic N) is 1. The Labute approximate surface area is 111 Å². The smallest absolute Gasteiger partial charge is 0.308 e. The Hall–Kier alpha value is -2.10. The van der Waals surface area contributed by atoms with Crippen LogP contribution in [0.15, 0.2) is 18.2 Å². The number of nitrogen functional groups attached to an aromatic ring is 1. The first kappa shape index (κ1) is 15.0. The number of nitrogens with two attached hydrogens (primary N) is 1. The maximum absolute atomic E-state index is 11.2. The van der Waals surface area contributed by atoms with Gasteiger partial charge < -0.3 is 20.7 Å². The first-order valence-electron chi connectivity index (χ1n) is 5.80. The second kappa shape index (κ2) is 6.73. The highest BCUT2D eigenvalue weighted by atomic mass is 16.5. The average molecular weight is 264 g/mol. The third kappa shape index (κ3) is 3.95. The Bertz CT molecular complexity index is 496. The van der Waals surface area contributed by atoms with Crippen molar-refractivity contribution in [3.05, 3.63) is 29.3 Å². The minimum atomic E-state index is -1.30. The lowest BCUT2D eigenvalue weighted by atomic mass is 9.99. The molecule has 0 saturated carbocycles. The fraction of sp³-hybridized carbons (Fsp3) is 0.385. The second-order valence-electron chi connectivity index (χ2n) is 3.98. The summed E-state index contributed by atoms with van der Waals surface area (Å²) in [5.74, 6) is -0.593. The molecule has 0 heterocycles. The molecule has 6 nitrogen and oxygen atoms in total. The summed E-state index contributed by atoms with van der Waals surface area (Å²) < 4.78 is 4.68. The SMILES string of the molecule is CCOC(=O)CC(O)C(O)c1ccc(N)c(C#N)c1. The van der Waals surface area contributed by atoms with Crippen LogP contribution in [-0.4, -0.2) is 28.9 Å². The predicted molar refractivity (Wildman–Crippen MR) is 67.8 cm³/mol. The molecule has 2 atom stereocenters. The van der Waals surface area contributed by atoms with Crippen molar-refractivity contribution in [2.45, 2.75) is 25.6 Å². The molecule has 4 N–H and O–H groups in total. The quantitative estimate of drug-likeness (QED) is 0.526. The topological polar surface area (TPSA) is 117 Å². The van der Waals surface area contributed by atoms with E-state index in [4.69, 9.17) is 11.0 Å². The van der Waals surface area contributed by atoms with Gasteiger partial charge in [0.05, 0.1) is 24.7 Å². The number of benzene rings is 1. The Balaban J connectivity index is 2.79. The van der Waals surface area contributed by atoms with E-state index in [0.717, 1.165) is 0 Å². The number of esters is 1. The zero-order valence-electron chi connectivity index (χ0n) is 10.5. The van der Waals surface area contributed by atoms with Gasteiger partial charge in [-0.05, 0) is 24.6 Å². The van der Waals surface area contributed by atoms with Crippen LogP contribution in [0, 0.1) is 11.3 Å². The van der Waals surface area contributed by atoms with E-state index in [1.54, 1.807) is 6.92 Å². The molecule has 0 aliphatic heterocycles. The van der Waals surface area contributed by atoms with Gasteiger partial charge in [-0.1, -0.05) is 6.07 Å². The second-order valence-corrected chi connectivity index (χ2v) is 3.98. The molecule has 1 rings (SSSR count). The first-order valence-corrected chi connectivity index (χ1v) is 5.80. The van der Waals surface area contributed by atoms with Gasteiger partial charge in [0.15, 0.2) is 0 Å². The van der Waals surface area contributed by atoms with Crippen molar-refractivity contribution in [3.8, 4) is 6.07 Å². The van der Waals surface area contributed by atoms with Crippen LogP contribution in [0.3, 0.4) is 0 Å². The number of hydrogen-bond donors (Lipinski definition) is 3. The Morgan fingerprint density at radius 2 is 2.21 bits per heavy atom. The van der Waals surface area contributed by atoms with Crippen molar-refractivity contribution in [1.29, 1.82) is 5.26 Å². The van der Waals surface area contributed by atoms with Crippen molar-refractivity contribution in [2.75, 3.05) is 12.3 Å². The van der Waals surface area contributed by atoms with Crippen LogP contribution in [0.4, 0.5) is 5.69 Å². The van der Waals surface area contributed by atoms with Crippen molar-refractivity contribution in [3.63, 3.8) is 0 Å². The van der Waals surface area contributed by atoms with Crippen molar-refractivity contribution in [1.82, 2.24) is 0 Å².